The number of hydrogen-bond donors (Lipinski definition) is 0. The van der Waals surface area contributed by atoms with E-state index in [1.54, 1.807) is 5.57 Å². The minimum Gasteiger partial charge on any atom is -0.0777 e. The van der Waals surface area contributed by atoms with Crippen LogP contribution in [0.5, 0.6) is 0 Å². The van der Waals surface area contributed by atoms with Crippen LogP contribution in [0.25, 0.3) is 0 Å². The SMILES string of the molecule is [CH2]C1(CCCCC)C=CC=C(CCCCC)C1CCCCC. The average Bonchev–Trinajstić information content (AvgIpc) is 2.50. The molecule has 22 heavy (non-hydrogen) atoms. The van der Waals surface area contributed by atoms with E-state index in [0.717, 1.165) is 0 Å². The molecule has 0 N–H and O–H groups in total. The van der Waals surface area contributed by atoms with E-state index in [2.05, 4.69) is 39.0 Å². The molecule has 0 nitrogen and oxygen atoms in total. The summed E-state index contributed by atoms with van der Waals surface area (Å²) < 4.78 is 0. The smallest absolute Gasteiger partial charge is 0.00493 e. The fourth-order valence-electron chi connectivity index (χ4n) is 3.83. The van der Waals surface area contributed by atoms with Crippen LogP contribution in [-0.2, 0) is 0 Å². The van der Waals surface area contributed by atoms with E-state index in [-0.39, 0.29) is 5.41 Å². The van der Waals surface area contributed by atoms with Gasteiger partial charge in [0.1, 0.15) is 0 Å². The van der Waals surface area contributed by atoms with Crippen LogP contribution in [-0.4, -0.2) is 0 Å². The predicted octanol–water partition coefficient (Wildman–Crippen LogP) is 7.66. The van der Waals surface area contributed by atoms with Gasteiger partial charge >= 0.3 is 0 Å². The highest BCUT2D eigenvalue weighted by Gasteiger charge is 2.34. The van der Waals surface area contributed by atoms with Gasteiger partial charge in [0.2, 0.25) is 0 Å². The molecular formula is C22H39. The summed E-state index contributed by atoms with van der Waals surface area (Å²) in [7, 11) is 0. The van der Waals surface area contributed by atoms with Gasteiger partial charge in [0.05, 0.1) is 0 Å². The Morgan fingerprint density at radius 3 is 2.23 bits per heavy atom. The zero-order chi connectivity index (χ0) is 16.3. The maximum absolute atomic E-state index is 4.71. The molecule has 0 amide bonds. The standard InChI is InChI=1S/C22H39/c1-5-8-11-15-20-16-14-19-22(4,18-13-10-7-3)21(20)17-12-9-6-2/h14,16,19,21H,4-13,15,17-18H2,1-3H3. The first-order valence-electron chi connectivity index (χ1n) is 9.91. The van der Waals surface area contributed by atoms with Gasteiger partial charge in [0.25, 0.3) is 0 Å². The summed E-state index contributed by atoms with van der Waals surface area (Å²) in [6.07, 6.45) is 23.1. The molecule has 0 heterocycles. The Kier molecular flexibility index (Phi) is 9.84. The second-order valence-electron chi connectivity index (χ2n) is 7.30. The number of rotatable bonds is 12. The Morgan fingerprint density at radius 2 is 1.55 bits per heavy atom. The van der Waals surface area contributed by atoms with Gasteiger partial charge in [-0.05, 0) is 43.9 Å². The normalized spacial score (nSPS) is 24.5. The topological polar surface area (TPSA) is 0 Å². The van der Waals surface area contributed by atoms with Gasteiger partial charge in [0, 0.05) is 0 Å². The molecule has 0 aromatic carbocycles. The van der Waals surface area contributed by atoms with Crippen LogP contribution in [0, 0.1) is 18.3 Å². The summed E-state index contributed by atoms with van der Waals surface area (Å²) in [4.78, 5) is 0. The van der Waals surface area contributed by atoms with Crippen molar-refractivity contribution in [3.63, 3.8) is 0 Å². The first kappa shape index (κ1) is 19.5. The Morgan fingerprint density at radius 1 is 0.909 bits per heavy atom. The van der Waals surface area contributed by atoms with Gasteiger partial charge in [0.15, 0.2) is 0 Å². The van der Waals surface area contributed by atoms with Crippen molar-refractivity contribution in [2.24, 2.45) is 11.3 Å². The minimum absolute atomic E-state index is 0.166. The Balaban J connectivity index is 2.71. The summed E-state index contributed by atoms with van der Waals surface area (Å²) in [6.45, 7) is 11.6. The van der Waals surface area contributed by atoms with E-state index >= 15 is 0 Å². The zero-order valence-corrected chi connectivity index (χ0v) is 15.5. The second-order valence-corrected chi connectivity index (χ2v) is 7.30. The van der Waals surface area contributed by atoms with Gasteiger partial charge in [-0.1, -0.05) is 95.9 Å². The fourth-order valence-corrected chi connectivity index (χ4v) is 3.83. The number of unbranched alkanes of at least 4 members (excludes halogenated alkanes) is 6. The van der Waals surface area contributed by atoms with Crippen LogP contribution in [0.1, 0.15) is 97.8 Å². The van der Waals surface area contributed by atoms with E-state index in [0.29, 0.717) is 5.92 Å². The van der Waals surface area contributed by atoms with Crippen LogP contribution in [0.2, 0.25) is 0 Å². The molecule has 2 atom stereocenters. The highest BCUT2D eigenvalue weighted by atomic mass is 14.4. The highest BCUT2D eigenvalue weighted by molar-refractivity contribution is 5.28. The Hall–Kier alpha value is -0.520. The maximum atomic E-state index is 4.71. The summed E-state index contributed by atoms with van der Waals surface area (Å²) in [5.41, 5.74) is 1.86. The second kappa shape index (κ2) is 11.1. The quantitative estimate of drug-likeness (QED) is 0.325. The molecule has 1 aliphatic carbocycles. The highest BCUT2D eigenvalue weighted by Crippen LogP contribution is 2.45. The van der Waals surface area contributed by atoms with E-state index in [1.165, 1.54) is 77.0 Å². The third-order valence-electron chi connectivity index (χ3n) is 5.29. The Labute approximate surface area is 140 Å². The molecule has 1 radical (unpaired) electrons. The maximum Gasteiger partial charge on any atom is -0.00493 e. The molecule has 0 aliphatic heterocycles. The molecular weight excluding hydrogens is 264 g/mol. The van der Waals surface area contributed by atoms with Gasteiger partial charge < -0.3 is 0 Å². The lowest BCUT2D eigenvalue weighted by Gasteiger charge is -2.40. The molecule has 0 saturated heterocycles. The van der Waals surface area contributed by atoms with Crippen LogP contribution >= 0.6 is 0 Å². The van der Waals surface area contributed by atoms with Crippen molar-refractivity contribution in [2.75, 3.05) is 0 Å². The van der Waals surface area contributed by atoms with Crippen molar-refractivity contribution in [3.05, 3.63) is 30.7 Å². The lowest BCUT2D eigenvalue weighted by molar-refractivity contribution is 0.270. The van der Waals surface area contributed by atoms with Gasteiger partial charge in [-0.25, -0.2) is 0 Å². The molecule has 0 aromatic rings. The third kappa shape index (κ3) is 6.31. The number of allylic oxidation sites excluding steroid dienone is 4. The van der Waals surface area contributed by atoms with E-state index in [9.17, 15) is 0 Å². The van der Waals surface area contributed by atoms with E-state index in [4.69, 9.17) is 6.92 Å². The van der Waals surface area contributed by atoms with Gasteiger partial charge in [-0.15, -0.1) is 0 Å². The fraction of sp³-hybridized carbons (Fsp3) is 0.773. The van der Waals surface area contributed by atoms with Crippen molar-refractivity contribution in [3.8, 4) is 0 Å². The first-order valence-corrected chi connectivity index (χ1v) is 9.91. The van der Waals surface area contributed by atoms with Crippen molar-refractivity contribution >= 4 is 0 Å². The first-order chi connectivity index (χ1) is 10.7. The van der Waals surface area contributed by atoms with Crippen molar-refractivity contribution in [1.29, 1.82) is 0 Å². The molecule has 0 saturated carbocycles. The molecule has 1 rings (SSSR count). The average molecular weight is 304 g/mol. The molecule has 0 bridgehead atoms. The molecule has 2 unspecified atom stereocenters. The minimum atomic E-state index is 0.166. The molecule has 127 valence electrons. The van der Waals surface area contributed by atoms with Crippen molar-refractivity contribution in [1.82, 2.24) is 0 Å². The third-order valence-corrected chi connectivity index (χ3v) is 5.29. The summed E-state index contributed by atoms with van der Waals surface area (Å²) >= 11 is 0. The summed E-state index contributed by atoms with van der Waals surface area (Å²) in [5, 5.41) is 0. The zero-order valence-electron chi connectivity index (χ0n) is 15.5. The summed E-state index contributed by atoms with van der Waals surface area (Å²) in [6, 6.07) is 0. The molecule has 0 heteroatoms. The van der Waals surface area contributed by atoms with Crippen LogP contribution in [0.3, 0.4) is 0 Å². The molecule has 0 aromatic heterocycles. The lowest BCUT2D eigenvalue weighted by atomic mass is 9.65. The van der Waals surface area contributed by atoms with Crippen molar-refractivity contribution in [2.45, 2.75) is 97.8 Å². The van der Waals surface area contributed by atoms with E-state index in [1.807, 2.05) is 0 Å². The van der Waals surface area contributed by atoms with Gasteiger partial charge in [-0.3, -0.25) is 0 Å². The van der Waals surface area contributed by atoms with Crippen LogP contribution < -0.4 is 0 Å². The van der Waals surface area contributed by atoms with Crippen LogP contribution in [0.15, 0.2) is 23.8 Å². The largest absolute Gasteiger partial charge is 0.0777 e. The summed E-state index contributed by atoms with van der Waals surface area (Å²) in [5.74, 6) is 0.692. The monoisotopic (exact) mass is 303 g/mol. The molecule has 1 aliphatic rings. The Bertz CT molecular complexity index is 336. The van der Waals surface area contributed by atoms with E-state index < -0.39 is 0 Å². The van der Waals surface area contributed by atoms with Crippen LogP contribution in [0.4, 0.5) is 0 Å². The number of hydrogen-bond acceptors (Lipinski definition) is 0. The lowest BCUT2D eigenvalue weighted by Crippen LogP contribution is -2.29. The van der Waals surface area contributed by atoms with Gasteiger partial charge in [-0.2, -0.15) is 0 Å². The molecule has 0 fully saturated rings. The molecule has 0 spiro atoms. The predicted molar refractivity (Wildman–Crippen MR) is 101 cm³/mol. The van der Waals surface area contributed by atoms with Crippen molar-refractivity contribution < 1.29 is 0 Å².